The van der Waals surface area contributed by atoms with Crippen LogP contribution in [0.3, 0.4) is 0 Å². The highest BCUT2D eigenvalue weighted by Crippen LogP contribution is 2.19. The number of aliphatic carboxylic acids is 1. The molecule has 1 heterocycles. The van der Waals surface area contributed by atoms with Crippen LogP contribution in [0, 0.1) is 0 Å². The molecule has 2 N–H and O–H groups in total. The molecule has 4 nitrogen and oxygen atoms in total. The van der Waals surface area contributed by atoms with E-state index in [0.29, 0.717) is 6.54 Å². The molecule has 2 rings (SSSR count). The van der Waals surface area contributed by atoms with Crippen LogP contribution in [0.4, 0.5) is 0 Å². The molecular formula is C14H16N2O2S2. The summed E-state index contributed by atoms with van der Waals surface area (Å²) < 4.78 is 0. The molecule has 1 atom stereocenters. The van der Waals surface area contributed by atoms with Crippen LogP contribution in [0.15, 0.2) is 36.5 Å². The Labute approximate surface area is 126 Å². The van der Waals surface area contributed by atoms with Crippen LogP contribution in [0.2, 0.25) is 0 Å². The number of carboxylic acid groups (broad SMARTS) is 1. The summed E-state index contributed by atoms with van der Waals surface area (Å²) in [5.74, 6) is 0.0655. The number of nitrogens with one attached hydrogen (secondary N) is 1. The first kappa shape index (κ1) is 15.0. The lowest BCUT2D eigenvalue weighted by Gasteiger charge is -2.13. The van der Waals surface area contributed by atoms with Crippen molar-refractivity contribution in [3.05, 3.63) is 52.0 Å². The summed E-state index contributed by atoms with van der Waals surface area (Å²) in [6.07, 6.45) is 3.91. The number of carbonyl (C=O) groups is 1. The first-order valence-electron chi connectivity index (χ1n) is 6.14. The van der Waals surface area contributed by atoms with Gasteiger partial charge in [-0.3, -0.25) is 10.1 Å². The van der Waals surface area contributed by atoms with Crippen molar-refractivity contribution in [2.45, 2.75) is 18.3 Å². The average Bonchev–Trinajstić information content (AvgIpc) is 2.88. The summed E-state index contributed by atoms with van der Waals surface area (Å²) in [5, 5.41) is 13.3. The van der Waals surface area contributed by atoms with Crippen LogP contribution in [0.1, 0.15) is 21.5 Å². The second-order valence-corrected chi connectivity index (χ2v) is 6.28. The quantitative estimate of drug-likeness (QED) is 0.823. The maximum absolute atomic E-state index is 11.3. The number of hydrogen-bond donors (Lipinski definition) is 2. The van der Waals surface area contributed by atoms with E-state index in [-0.39, 0.29) is 0 Å². The predicted octanol–water partition coefficient (Wildman–Crippen LogP) is 2.92. The molecule has 0 unspecified atom stereocenters. The van der Waals surface area contributed by atoms with Crippen LogP contribution in [-0.2, 0) is 17.1 Å². The molecule has 0 fully saturated rings. The molecule has 0 saturated carbocycles. The van der Waals surface area contributed by atoms with Gasteiger partial charge in [0.1, 0.15) is 11.0 Å². The van der Waals surface area contributed by atoms with Gasteiger partial charge in [0, 0.05) is 23.4 Å². The van der Waals surface area contributed by atoms with Crippen LogP contribution in [-0.4, -0.2) is 22.3 Å². The van der Waals surface area contributed by atoms with E-state index in [4.69, 9.17) is 0 Å². The molecule has 0 aliphatic carbocycles. The highest BCUT2D eigenvalue weighted by atomic mass is 32.2. The van der Waals surface area contributed by atoms with Gasteiger partial charge in [-0.1, -0.05) is 30.3 Å². The van der Waals surface area contributed by atoms with Gasteiger partial charge < -0.3 is 5.11 Å². The standard InChI is InChI=1S/C14H16N2O2S2/c1-19-9-11-7-15-12(20-11)8-16-13(14(17)18)10-5-3-2-4-6-10/h2-7,13,16H,8-9H2,1H3,(H,17,18)/t13-/m0/s1. The number of nitrogens with zero attached hydrogens (tertiary/aromatic N) is 1. The minimum atomic E-state index is -0.878. The Bertz CT molecular complexity index is 557. The second kappa shape index (κ2) is 7.42. The molecule has 0 aliphatic heterocycles. The van der Waals surface area contributed by atoms with Crippen LogP contribution < -0.4 is 5.32 Å². The van der Waals surface area contributed by atoms with Crippen molar-refractivity contribution in [1.29, 1.82) is 0 Å². The fourth-order valence-corrected chi connectivity index (χ4v) is 3.44. The summed E-state index contributed by atoms with van der Waals surface area (Å²) in [6.45, 7) is 0.463. The smallest absolute Gasteiger partial charge is 0.325 e. The number of hydrogen-bond acceptors (Lipinski definition) is 5. The van der Waals surface area contributed by atoms with E-state index < -0.39 is 12.0 Å². The van der Waals surface area contributed by atoms with Gasteiger partial charge in [-0.25, -0.2) is 4.98 Å². The number of aromatic nitrogens is 1. The largest absolute Gasteiger partial charge is 0.480 e. The Balaban J connectivity index is 2.00. The lowest BCUT2D eigenvalue weighted by atomic mass is 10.1. The third kappa shape index (κ3) is 4.06. The van der Waals surface area contributed by atoms with Crippen LogP contribution >= 0.6 is 23.1 Å². The Kier molecular flexibility index (Phi) is 5.58. The summed E-state index contributed by atoms with van der Waals surface area (Å²) in [6, 6.07) is 8.47. The van der Waals surface area contributed by atoms with E-state index >= 15 is 0 Å². The summed E-state index contributed by atoms with van der Waals surface area (Å²) in [5.41, 5.74) is 0.751. The SMILES string of the molecule is CSCc1cnc(CN[C@H](C(=O)O)c2ccccc2)s1. The first-order chi connectivity index (χ1) is 9.70. The summed E-state index contributed by atoms with van der Waals surface area (Å²) >= 11 is 3.37. The Morgan fingerprint density at radius 1 is 1.45 bits per heavy atom. The molecule has 106 valence electrons. The van der Waals surface area contributed by atoms with Gasteiger partial charge in [-0.05, 0) is 11.8 Å². The van der Waals surface area contributed by atoms with E-state index in [1.54, 1.807) is 23.1 Å². The summed E-state index contributed by atoms with van der Waals surface area (Å²) in [7, 11) is 0. The van der Waals surface area contributed by atoms with Crippen molar-refractivity contribution in [3.63, 3.8) is 0 Å². The minimum absolute atomic E-state index is 0.463. The number of rotatable bonds is 7. The molecule has 0 bridgehead atoms. The molecule has 1 aromatic heterocycles. The zero-order chi connectivity index (χ0) is 14.4. The highest BCUT2D eigenvalue weighted by Gasteiger charge is 2.19. The lowest BCUT2D eigenvalue weighted by molar-refractivity contribution is -0.139. The monoisotopic (exact) mass is 308 g/mol. The normalized spacial score (nSPS) is 12.2. The maximum Gasteiger partial charge on any atom is 0.325 e. The number of thiazole rings is 1. The van der Waals surface area contributed by atoms with Crippen molar-refractivity contribution in [1.82, 2.24) is 10.3 Å². The Hall–Kier alpha value is -1.37. The molecule has 1 aromatic carbocycles. The van der Waals surface area contributed by atoms with Crippen molar-refractivity contribution in [3.8, 4) is 0 Å². The van der Waals surface area contributed by atoms with E-state index in [1.165, 1.54) is 4.88 Å². The van der Waals surface area contributed by atoms with Gasteiger partial charge in [0.15, 0.2) is 0 Å². The summed E-state index contributed by atoms with van der Waals surface area (Å²) in [4.78, 5) is 16.9. The number of carboxylic acids is 1. The maximum atomic E-state index is 11.3. The zero-order valence-corrected chi connectivity index (χ0v) is 12.7. The van der Waals surface area contributed by atoms with Crippen molar-refractivity contribution in [2.24, 2.45) is 0 Å². The zero-order valence-electron chi connectivity index (χ0n) is 11.1. The van der Waals surface area contributed by atoms with Gasteiger partial charge >= 0.3 is 5.97 Å². The molecule has 20 heavy (non-hydrogen) atoms. The molecule has 6 heteroatoms. The highest BCUT2D eigenvalue weighted by molar-refractivity contribution is 7.97. The molecule has 0 spiro atoms. The van der Waals surface area contributed by atoms with Gasteiger partial charge in [0.2, 0.25) is 0 Å². The van der Waals surface area contributed by atoms with Crippen molar-refractivity contribution in [2.75, 3.05) is 6.26 Å². The van der Waals surface area contributed by atoms with Gasteiger partial charge in [-0.2, -0.15) is 11.8 Å². The van der Waals surface area contributed by atoms with Gasteiger partial charge in [0.25, 0.3) is 0 Å². The van der Waals surface area contributed by atoms with Gasteiger partial charge in [-0.15, -0.1) is 11.3 Å². The number of thioether (sulfide) groups is 1. The third-order valence-corrected chi connectivity index (χ3v) is 4.51. The van der Waals surface area contributed by atoms with Crippen LogP contribution in [0.5, 0.6) is 0 Å². The topological polar surface area (TPSA) is 62.2 Å². The van der Waals surface area contributed by atoms with E-state index in [9.17, 15) is 9.90 Å². The lowest BCUT2D eigenvalue weighted by Crippen LogP contribution is -2.27. The predicted molar refractivity (Wildman–Crippen MR) is 83.0 cm³/mol. The first-order valence-corrected chi connectivity index (χ1v) is 8.35. The molecule has 0 saturated heterocycles. The second-order valence-electron chi connectivity index (χ2n) is 4.22. The van der Waals surface area contributed by atoms with Crippen LogP contribution in [0.25, 0.3) is 0 Å². The molecular weight excluding hydrogens is 292 g/mol. The van der Waals surface area contributed by atoms with E-state index in [2.05, 4.69) is 10.3 Å². The van der Waals surface area contributed by atoms with Crippen molar-refractivity contribution < 1.29 is 9.90 Å². The Morgan fingerprint density at radius 2 is 2.20 bits per heavy atom. The average molecular weight is 308 g/mol. The van der Waals surface area contributed by atoms with E-state index in [1.807, 2.05) is 42.8 Å². The molecule has 0 radical (unpaired) electrons. The third-order valence-electron chi connectivity index (χ3n) is 2.73. The van der Waals surface area contributed by atoms with Gasteiger partial charge in [0.05, 0.1) is 0 Å². The number of benzene rings is 1. The molecule has 2 aromatic rings. The molecule has 0 aliphatic rings. The fourth-order valence-electron chi connectivity index (χ4n) is 1.82. The minimum Gasteiger partial charge on any atom is -0.480 e. The fraction of sp³-hybridized carbons (Fsp3) is 0.286. The van der Waals surface area contributed by atoms with E-state index in [0.717, 1.165) is 16.3 Å². The van der Waals surface area contributed by atoms with Crippen molar-refractivity contribution >= 4 is 29.1 Å². The molecule has 0 amide bonds. The Morgan fingerprint density at radius 3 is 2.85 bits per heavy atom.